The Kier molecular flexibility index (Phi) is 3.93. The molecule has 2 rings (SSSR count). The Morgan fingerprint density at radius 1 is 1.44 bits per heavy atom. The first kappa shape index (κ1) is 13.0. The van der Waals surface area contributed by atoms with Gasteiger partial charge in [-0.3, -0.25) is 9.69 Å². The maximum absolute atomic E-state index is 12.8. The fraction of sp³-hybridized carbons (Fsp3) is 0.462. The van der Waals surface area contributed by atoms with Crippen LogP contribution in [0.3, 0.4) is 0 Å². The third-order valence-electron chi connectivity index (χ3n) is 3.05. The summed E-state index contributed by atoms with van der Waals surface area (Å²) in [6.07, 6.45) is -0.307. The third-order valence-corrected chi connectivity index (χ3v) is 3.05. The number of hydrogen-bond donors (Lipinski definition) is 1. The predicted octanol–water partition coefficient (Wildman–Crippen LogP) is 0.855. The van der Waals surface area contributed by atoms with E-state index in [-0.39, 0.29) is 17.8 Å². The van der Waals surface area contributed by atoms with Crippen LogP contribution < -0.4 is 4.90 Å². The van der Waals surface area contributed by atoms with Crippen LogP contribution in [0.2, 0.25) is 0 Å². The van der Waals surface area contributed by atoms with E-state index >= 15 is 0 Å². The van der Waals surface area contributed by atoms with Crippen molar-refractivity contribution in [3.63, 3.8) is 0 Å². The van der Waals surface area contributed by atoms with Gasteiger partial charge in [-0.2, -0.15) is 0 Å². The van der Waals surface area contributed by atoms with Crippen molar-refractivity contribution in [1.82, 2.24) is 4.90 Å². The Balaban J connectivity index is 1.99. The molecule has 0 radical (unpaired) electrons. The number of hydrogen-bond acceptors (Lipinski definition) is 3. The highest BCUT2D eigenvalue weighted by Gasteiger charge is 2.27. The summed E-state index contributed by atoms with van der Waals surface area (Å²) in [5.41, 5.74) is 0.699. The number of carbonyl (C=O) groups is 1. The normalized spacial score (nSPS) is 16.4. The number of nitrogens with zero attached hydrogens (tertiary/aromatic N) is 2. The van der Waals surface area contributed by atoms with Gasteiger partial charge in [0.05, 0.1) is 12.6 Å². The fourth-order valence-electron chi connectivity index (χ4n) is 2.07. The highest BCUT2D eigenvalue weighted by atomic mass is 19.1. The van der Waals surface area contributed by atoms with E-state index < -0.39 is 0 Å². The summed E-state index contributed by atoms with van der Waals surface area (Å²) in [6, 6.07) is 5.89. The van der Waals surface area contributed by atoms with Gasteiger partial charge in [-0.15, -0.1) is 0 Å². The summed E-state index contributed by atoms with van der Waals surface area (Å²) in [5, 5.41) is 9.17. The lowest BCUT2D eigenvalue weighted by molar-refractivity contribution is -0.122. The molecule has 1 aromatic carbocycles. The molecule has 0 aromatic heterocycles. The van der Waals surface area contributed by atoms with Crippen molar-refractivity contribution in [2.75, 3.05) is 31.1 Å². The van der Waals surface area contributed by atoms with E-state index in [0.717, 1.165) is 0 Å². The molecule has 1 aliphatic heterocycles. The largest absolute Gasteiger partial charge is 0.390 e. The summed E-state index contributed by atoms with van der Waals surface area (Å²) < 4.78 is 12.8. The summed E-state index contributed by atoms with van der Waals surface area (Å²) >= 11 is 0. The van der Waals surface area contributed by atoms with Gasteiger partial charge in [-0.05, 0) is 31.2 Å². The monoisotopic (exact) mass is 252 g/mol. The van der Waals surface area contributed by atoms with Crippen LogP contribution in [0.4, 0.5) is 10.1 Å². The van der Waals surface area contributed by atoms with Gasteiger partial charge in [0.15, 0.2) is 0 Å². The van der Waals surface area contributed by atoms with Gasteiger partial charge in [0, 0.05) is 25.3 Å². The van der Waals surface area contributed by atoms with Gasteiger partial charge in [0.2, 0.25) is 5.91 Å². The highest BCUT2D eigenvalue weighted by Crippen LogP contribution is 2.16. The van der Waals surface area contributed by atoms with E-state index in [0.29, 0.717) is 31.9 Å². The lowest BCUT2D eigenvalue weighted by atomic mass is 10.1. The van der Waals surface area contributed by atoms with Crippen LogP contribution in [-0.2, 0) is 4.79 Å². The van der Waals surface area contributed by atoms with Crippen LogP contribution in [-0.4, -0.2) is 48.2 Å². The minimum absolute atomic E-state index is 0.0315. The molecule has 1 fully saturated rings. The number of rotatable bonds is 4. The molecule has 1 aromatic rings. The van der Waals surface area contributed by atoms with Crippen molar-refractivity contribution in [1.29, 1.82) is 0 Å². The molecule has 5 heteroatoms. The first-order valence-corrected chi connectivity index (χ1v) is 6.06. The van der Waals surface area contributed by atoms with Crippen molar-refractivity contribution in [2.24, 2.45) is 0 Å². The number of carbonyl (C=O) groups excluding carboxylic acids is 1. The van der Waals surface area contributed by atoms with Gasteiger partial charge < -0.3 is 10.0 Å². The van der Waals surface area contributed by atoms with Gasteiger partial charge in [-0.25, -0.2) is 4.39 Å². The number of aliphatic hydroxyl groups excluding tert-OH is 1. The zero-order valence-corrected chi connectivity index (χ0v) is 10.3. The first-order chi connectivity index (χ1) is 8.60. The van der Waals surface area contributed by atoms with E-state index in [1.54, 1.807) is 17.0 Å². The van der Waals surface area contributed by atoms with Crippen LogP contribution in [0.5, 0.6) is 0 Å². The molecule has 0 aliphatic carbocycles. The molecule has 4 nitrogen and oxygen atoms in total. The van der Waals surface area contributed by atoms with Gasteiger partial charge in [0.25, 0.3) is 0 Å². The molecule has 1 amide bonds. The molecule has 0 atom stereocenters. The van der Waals surface area contributed by atoms with Crippen LogP contribution in [0.25, 0.3) is 0 Å². The Bertz CT molecular complexity index is 416. The molecule has 1 heterocycles. The Hall–Kier alpha value is -1.46. The second kappa shape index (κ2) is 5.46. The zero-order chi connectivity index (χ0) is 13.1. The topological polar surface area (TPSA) is 43.8 Å². The molecule has 0 unspecified atom stereocenters. The number of aliphatic hydroxyl groups is 1. The Morgan fingerprint density at radius 2 is 2.06 bits per heavy atom. The van der Waals surface area contributed by atoms with Crippen molar-refractivity contribution < 1.29 is 14.3 Å². The van der Waals surface area contributed by atoms with Crippen LogP contribution in [0.15, 0.2) is 24.3 Å². The summed E-state index contributed by atoms with van der Waals surface area (Å²) in [6.45, 7) is 3.81. The maximum atomic E-state index is 12.8. The SMILES string of the molecule is CCN(C(=O)CN1CC(O)C1)c1ccc(F)cc1. The second-order valence-electron chi connectivity index (χ2n) is 4.46. The summed E-state index contributed by atoms with van der Waals surface area (Å²) in [4.78, 5) is 15.6. The molecular weight excluding hydrogens is 235 g/mol. The van der Waals surface area contributed by atoms with E-state index in [1.807, 2.05) is 11.8 Å². The lowest BCUT2D eigenvalue weighted by Crippen LogP contribution is -2.54. The maximum Gasteiger partial charge on any atom is 0.241 e. The van der Waals surface area contributed by atoms with Crippen LogP contribution in [0, 0.1) is 5.82 Å². The quantitative estimate of drug-likeness (QED) is 0.864. The highest BCUT2D eigenvalue weighted by molar-refractivity contribution is 5.94. The third kappa shape index (κ3) is 2.86. The smallest absolute Gasteiger partial charge is 0.241 e. The van der Waals surface area contributed by atoms with E-state index in [4.69, 9.17) is 5.11 Å². The molecule has 18 heavy (non-hydrogen) atoms. The fourth-order valence-corrected chi connectivity index (χ4v) is 2.07. The van der Waals surface area contributed by atoms with Crippen LogP contribution >= 0.6 is 0 Å². The number of benzene rings is 1. The molecule has 0 saturated carbocycles. The minimum Gasteiger partial charge on any atom is -0.390 e. The molecular formula is C13H17FN2O2. The van der Waals surface area contributed by atoms with Crippen LogP contribution in [0.1, 0.15) is 6.92 Å². The van der Waals surface area contributed by atoms with Gasteiger partial charge in [-0.1, -0.05) is 0 Å². The number of amides is 1. The zero-order valence-electron chi connectivity index (χ0n) is 10.3. The first-order valence-electron chi connectivity index (χ1n) is 6.06. The number of anilines is 1. The average molecular weight is 252 g/mol. The van der Waals surface area contributed by atoms with E-state index in [1.165, 1.54) is 12.1 Å². The predicted molar refractivity (Wildman–Crippen MR) is 66.9 cm³/mol. The molecule has 98 valence electrons. The Labute approximate surface area is 106 Å². The van der Waals surface area contributed by atoms with Gasteiger partial charge in [0.1, 0.15) is 5.82 Å². The summed E-state index contributed by atoms with van der Waals surface area (Å²) in [7, 11) is 0. The standard InChI is InChI=1S/C13H17FN2O2/c1-2-16(11-5-3-10(14)4-6-11)13(18)9-15-7-12(17)8-15/h3-6,12,17H,2,7-9H2,1H3. The van der Waals surface area contributed by atoms with E-state index in [2.05, 4.69) is 0 Å². The van der Waals surface area contributed by atoms with Gasteiger partial charge >= 0.3 is 0 Å². The number of likely N-dealkylation sites (tertiary alicyclic amines) is 1. The summed E-state index contributed by atoms with van der Waals surface area (Å²) in [5.74, 6) is -0.343. The molecule has 0 bridgehead atoms. The average Bonchev–Trinajstić information content (AvgIpc) is 2.30. The van der Waals surface area contributed by atoms with Crippen molar-refractivity contribution in [3.8, 4) is 0 Å². The lowest BCUT2D eigenvalue weighted by Gasteiger charge is -2.36. The van der Waals surface area contributed by atoms with Crippen molar-refractivity contribution in [2.45, 2.75) is 13.0 Å². The number of halogens is 1. The Morgan fingerprint density at radius 3 is 2.56 bits per heavy atom. The second-order valence-corrected chi connectivity index (χ2v) is 4.46. The number of likely N-dealkylation sites (N-methyl/N-ethyl adjacent to an activating group) is 1. The molecule has 0 spiro atoms. The number of β-amino-alcohol motifs (C(OH)–C–C–N with tert-alkyl or cyclic N) is 1. The molecule has 1 N–H and O–H groups in total. The minimum atomic E-state index is -0.312. The van der Waals surface area contributed by atoms with Crippen molar-refractivity contribution in [3.05, 3.63) is 30.1 Å². The molecule has 1 saturated heterocycles. The van der Waals surface area contributed by atoms with Crippen molar-refractivity contribution >= 4 is 11.6 Å². The van der Waals surface area contributed by atoms with E-state index in [9.17, 15) is 9.18 Å². The molecule has 1 aliphatic rings.